The van der Waals surface area contributed by atoms with E-state index in [-0.39, 0.29) is 55.9 Å². The maximum absolute atomic E-state index is 12.9. The first-order valence-electron chi connectivity index (χ1n) is 27.6. The first-order valence-corrected chi connectivity index (χ1v) is 29.9. The molecule has 0 spiro atoms. The van der Waals surface area contributed by atoms with Crippen LogP contribution in [0.2, 0.25) is 0 Å². The van der Waals surface area contributed by atoms with Gasteiger partial charge in [0, 0.05) is 87.7 Å². The minimum Gasteiger partial charge on any atom is -0.477 e. The number of benzene rings is 3. The van der Waals surface area contributed by atoms with Crippen LogP contribution in [0.4, 0.5) is 0 Å². The third-order valence-corrected chi connectivity index (χ3v) is 15.6. The van der Waals surface area contributed by atoms with Crippen molar-refractivity contribution in [2.24, 2.45) is 0 Å². The molecule has 470 valence electrons. The SMILES string of the molecule is CC(=O)N[C@@H]1[C@@H](O)C[C@](OCCCSCCNC(=O)c2ccc(C(=O)NCCSCCCO[C@]3(C(=O)O)C[C@H](O)[C@@H](NC(C)=O)[C@H](C(O)[C@H](O)CNC(=O)/C=C/c4ccccc4)O3)cc2)(C(=O)O)O[C@H]1C(O)[C@H](O)CNC(=O)/C=C/c1ccccc1.[Na+]. The molecule has 2 saturated heterocycles. The molecule has 0 radical (unpaired) electrons. The Labute approximate surface area is 533 Å². The number of carbonyl (C=O) groups excluding carboxylic acids is 6. The number of thioether (sulfide) groups is 2. The van der Waals surface area contributed by atoms with Crippen molar-refractivity contribution in [1.82, 2.24) is 31.9 Å². The molecule has 29 heteroatoms. The minimum atomic E-state index is -2.48. The molecular formula is C58H76N6NaO20S2+. The third-order valence-electron chi connectivity index (χ3n) is 13.4. The normalized spacial score (nSPS) is 23.2. The fourth-order valence-electron chi connectivity index (χ4n) is 9.03. The van der Waals surface area contributed by atoms with Gasteiger partial charge in [0.1, 0.15) is 24.4 Å². The Morgan fingerprint density at radius 1 is 0.563 bits per heavy atom. The second kappa shape index (κ2) is 37.3. The first kappa shape index (κ1) is 73.7. The van der Waals surface area contributed by atoms with Crippen LogP contribution in [0, 0.1) is 0 Å². The zero-order chi connectivity index (χ0) is 62.8. The van der Waals surface area contributed by atoms with Crippen molar-refractivity contribution in [2.45, 2.75) is 112 Å². The second-order valence-electron chi connectivity index (χ2n) is 20.1. The summed E-state index contributed by atoms with van der Waals surface area (Å²) in [6.45, 7) is 1.45. The van der Waals surface area contributed by atoms with Crippen LogP contribution in [0.1, 0.15) is 71.4 Å². The summed E-state index contributed by atoms with van der Waals surface area (Å²) < 4.78 is 23.0. The van der Waals surface area contributed by atoms with Crippen LogP contribution < -0.4 is 61.5 Å². The predicted octanol–water partition coefficient (Wildman–Crippen LogP) is -3.60. The molecule has 0 bridgehead atoms. The van der Waals surface area contributed by atoms with Crippen LogP contribution in [0.25, 0.3) is 12.2 Å². The van der Waals surface area contributed by atoms with E-state index in [1.807, 2.05) is 12.1 Å². The molecule has 0 saturated carbocycles. The quantitative estimate of drug-likeness (QED) is 0.0156. The number of rotatable bonds is 34. The molecule has 2 aliphatic rings. The number of aliphatic hydroxyl groups excluding tert-OH is 6. The van der Waals surface area contributed by atoms with Crippen LogP contribution >= 0.6 is 23.5 Å². The Balaban J connectivity index is 0.0000162. The number of nitrogens with one attached hydrogen (secondary N) is 6. The summed E-state index contributed by atoms with van der Waals surface area (Å²) in [5.74, 6) is -9.64. The zero-order valence-corrected chi connectivity index (χ0v) is 52.0. The van der Waals surface area contributed by atoms with E-state index >= 15 is 0 Å². The molecule has 3 aromatic carbocycles. The van der Waals surface area contributed by atoms with Gasteiger partial charge in [0.25, 0.3) is 23.4 Å². The van der Waals surface area contributed by atoms with Crippen molar-refractivity contribution >= 4 is 83.1 Å². The van der Waals surface area contributed by atoms with Crippen molar-refractivity contribution in [3.8, 4) is 0 Å². The maximum atomic E-state index is 12.9. The number of hydrogen-bond acceptors (Lipinski definition) is 20. The Bertz CT molecular complexity index is 2590. The van der Waals surface area contributed by atoms with Gasteiger partial charge in [-0.15, -0.1) is 0 Å². The second-order valence-corrected chi connectivity index (χ2v) is 22.5. The predicted molar refractivity (Wildman–Crippen MR) is 315 cm³/mol. The van der Waals surface area contributed by atoms with Crippen molar-refractivity contribution in [1.29, 1.82) is 0 Å². The third kappa shape index (κ3) is 23.6. The largest absolute Gasteiger partial charge is 1.00 e. The fraction of sp³-hybridized carbons (Fsp3) is 0.483. The van der Waals surface area contributed by atoms with E-state index in [1.165, 1.54) is 72.1 Å². The fourth-order valence-corrected chi connectivity index (χ4v) is 10.6. The maximum Gasteiger partial charge on any atom is 1.00 e. The van der Waals surface area contributed by atoms with E-state index in [1.54, 1.807) is 48.5 Å². The van der Waals surface area contributed by atoms with Crippen molar-refractivity contribution in [3.63, 3.8) is 0 Å². The van der Waals surface area contributed by atoms with E-state index in [4.69, 9.17) is 18.9 Å². The Kier molecular flexibility index (Phi) is 31.5. The van der Waals surface area contributed by atoms with Gasteiger partial charge in [0.05, 0.1) is 49.7 Å². The van der Waals surface area contributed by atoms with Crippen LogP contribution in [0.5, 0.6) is 0 Å². The topological polar surface area (TPSA) is 408 Å². The molecule has 2 heterocycles. The van der Waals surface area contributed by atoms with Gasteiger partial charge in [0.2, 0.25) is 23.6 Å². The van der Waals surface area contributed by atoms with E-state index in [0.717, 1.165) is 25.0 Å². The van der Waals surface area contributed by atoms with Crippen LogP contribution in [0.3, 0.4) is 0 Å². The number of ether oxygens (including phenoxy) is 4. The Hall–Kier alpha value is -5.80. The number of carboxylic acid groups (broad SMARTS) is 2. The summed E-state index contributed by atoms with van der Waals surface area (Å²) in [6.07, 6.45) is -9.03. The Morgan fingerprint density at radius 2 is 0.920 bits per heavy atom. The molecule has 12 atom stereocenters. The van der Waals surface area contributed by atoms with Gasteiger partial charge in [-0.1, -0.05) is 60.7 Å². The van der Waals surface area contributed by atoms with Crippen molar-refractivity contribution in [3.05, 3.63) is 119 Å². The van der Waals surface area contributed by atoms with Gasteiger partial charge >= 0.3 is 41.5 Å². The molecule has 87 heavy (non-hydrogen) atoms. The van der Waals surface area contributed by atoms with E-state index in [0.29, 0.717) is 47.0 Å². The number of aliphatic carboxylic acids is 2. The van der Waals surface area contributed by atoms with Crippen molar-refractivity contribution < 1.29 is 128 Å². The van der Waals surface area contributed by atoms with Crippen molar-refractivity contribution in [2.75, 3.05) is 62.4 Å². The number of carbonyl (C=O) groups is 8. The number of carboxylic acids is 2. The van der Waals surface area contributed by atoms with Crippen LogP contribution in [-0.2, 0) is 47.7 Å². The number of amides is 6. The molecule has 14 N–H and O–H groups in total. The molecule has 2 unspecified atom stereocenters. The number of aliphatic hydroxyl groups is 6. The molecule has 26 nitrogen and oxygen atoms in total. The molecule has 6 amide bonds. The summed E-state index contributed by atoms with van der Waals surface area (Å²) in [5, 5.41) is 102. The molecule has 2 fully saturated rings. The van der Waals surface area contributed by atoms with E-state index < -0.39 is 146 Å². The van der Waals surface area contributed by atoms with Crippen LogP contribution in [0.15, 0.2) is 97.1 Å². The van der Waals surface area contributed by atoms with E-state index in [9.17, 15) is 79.2 Å². The molecule has 3 aromatic rings. The molecule has 0 aliphatic carbocycles. The van der Waals surface area contributed by atoms with Gasteiger partial charge in [-0.05, 0) is 71.9 Å². The zero-order valence-electron chi connectivity index (χ0n) is 48.4. The average Bonchev–Trinajstić information content (AvgIpc) is 1.15. The summed E-state index contributed by atoms with van der Waals surface area (Å²) in [6, 6.07) is 21.1. The summed E-state index contributed by atoms with van der Waals surface area (Å²) in [7, 11) is 0. The summed E-state index contributed by atoms with van der Waals surface area (Å²) >= 11 is 2.84. The van der Waals surface area contributed by atoms with Gasteiger partial charge in [-0.2, -0.15) is 23.5 Å². The Morgan fingerprint density at radius 3 is 1.25 bits per heavy atom. The molecule has 5 rings (SSSR count). The van der Waals surface area contributed by atoms with Gasteiger partial charge < -0.3 is 91.7 Å². The standard InChI is InChI=1S/C58H76N6O20S2.Na/c1-35(65)63-47-41(67)31-57(55(77)78,83-51(47)49(73)43(69)33-61-45(71)21-15-37-11-5-3-6-12-37)81-25-9-27-85-29-23-59-53(75)39-17-19-40(20-18-39)54(76)60-24-30-86-28-10-26-82-58(56(79)80)32-42(68)48(64-36(2)66)52(84-58)50(74)44(70)34-62-46(72)22-16-38-13-7-4-8-14-38;/h3-8,11-22,41-44,47-52,67-70,73-74H,9-10,23-34H2,1-2H3,(H,59,75)(H,60,76)(H,61,71)(H,62,72)(H,63,65)(H,64,66)(H,77,78)(H,79,80);/q;+1/b21-15+,22-16+;/t41-,42-,43+,44+,47+,48+,49?,50?,51+,52+,57+,58+;/m0./s1. The average molecular weight is 1260 g/mol. The number of hydrogen-bond donors (Lipinski definition) is 14. The van der Waals surface area contributed by atoms with Gasteiger partial charge in [0.15, 0.2) is 0 Å². The molecule has 2 aliphatic heterocycles. The monoisotopic (exact) mass is 1260 g/mol. The van der Waals surface area contributed by atoms with Gasteiger partial charge in [-0.3, -0.25) is 28.8 Å². The molecular weight excluding hydrogens is 1190 g/mol. The van der Waals surface area contributed by atoms with E-state index in [2.05, 4.69) is 31.9 Å². The van der Waals surface area contributed by atoms with Gasteiger partial charge in [-0.25, -0.2) is 9.59 Å². The summed E-state index contributed by atoms with van der Waals surface area (Å²) in [4.78, 5) is 99.9. The smallest absolute Gasteiger partial charge is 0.477 e. The first-order chi connectivity index (χ1) is 41.0. The molecule has 0 aromatic heterocycles. The minimum absolute atomic E-state index is 0. The van der Waals surface area contributed by atoms with Crippen LogP contribution in [-0.4, -0.2) is 223 Å². The summed E-state index contributed by atoms with van der Waals surface area (Å²) in [5.41, 5.74) is 2.08.